The van der Waals surface area contributed by atoms with E-state index in [0.717, 1.165) is 66.7 Å². The summed E-state index contributed by atoms with van der Waals surface area (Å²) in [6.07, 6.45) is 4.33. The molecule has 33 heavy (non-hydrogen) atoms. The third-order valence-electron chi connectivity index (χ3n) is 6.76. The monoisotopic (exact) mass is 472 g/mol. The van der Waals surface area contributed by atoms with Gasteiger partial charge in [-0.3, -0.25) is 9.80 Å². The van der Waals surface area contributed by atoms with E-state index in [9.17, 15) is 5.11 Å². The van der Waals surface area contributed by atoms with Crippen molar-refractivity contribution in [3.8, 4) is 11.5 Å². The number of benzene rings is 2. The molecule has 0 aliphatic carbocycles. The molecule has 2 aliphatic heterocycles. The van der Waals surface area contributed by atoms with Crippen molar-refractivity contribution in [3.63, 3.8) is 0 Å². The lowest BCUT2D eigenvalue weighted by Crippen LogP contribution is -2.51. The molecule has 0 unspecified atom stereocenters. The predicted molar refractivity (Wildman–Crippen MR) is 133 cm³/mol. The summed E-state index contributed by atoms with van der Waals surface area (Å²) in [5, 5.41) is 12.0. The number of likely N-dealkylation sites (tertiary alicyclic amines) is 2. The highest BCUT2D eigenvalue weighted by Gasteiger charge is 2.34. The van der Waals surface area contributed by atoms with E-state index in [0.29, 0.717) is 6.54 Å². The molecule has 2 aromatic carbocycles. The number of aliphatic hydroxyl groups is 1. The van der Waals surface area contributed by atoms with Crippen molar-refractivity contribution in [1.82, 2.24) is 9.80 Å². The molecule has 5 nitrogen and oxygen atoms in total. The van der Waals surface area contributed by atoms with E-state index in [-0.39, 0.29) is 6.61 Å². The lowest BCUT2D eigenvalue weighted by molar-refractivity contribution is -0.0621. The largest absolute Gasteiger partial charge is 0.492 e. The Labute approximate surface area is 203 Å². The van der Waals surface area contributed by atoms with Gasteiger partial charge in [0.05, 0.1) is 0 Å². The number of hydrogen-bond donors (Lipinski definition) is 1. The Morgan fingerprint density at radius 1 is 0.909 bits per heavy atom. The Hall–Kier alpha value is -1.79. The highest BCUT2D eigenvalue weighted by atomic mass is 35.5. The fourth-order valence-electron chi connectivity index (χ4n) is 4.91. The maximum absolute atomic E-state index is 11.2. The first-order valence-electron chi connectivity index (χ1n) is 12.2. The zero-order chi connectivity index (χ0) is 23.3. The first kappa shape index (κ1) is 24.3. The van der Waals surface area contributed by atoms with E-state index >= 15 is 0 Å². The van der Waals surface area contributed by atoms with Crippen LogP contribution in [-0.2, 0) is 6.54 Å². The predicted octanol–water partition coefficient (Wildman–Crippen LogP) is 4.84. The first-order chi connectivity index (χ1) is 15.9. The van der Waals surface area contributed by atoms with E-state index in [4.69, 9.17) is 21.1 Å². The van der Waals surface area contributed by atoms with Crippen molar-refractivity contribution in [3.05, 3.63) is 58.1 Å². The van der Waals surface area contributed by atoms with Crippen LogP contribution in [0.15, 0.2) is 36.4 Å². The third kappa shape index (κ3) is 6.86. The number of ether oxygens (including phenoxy) is 2. The average Bonchev–Trinajstić information content (AvgIpc) is 3.31. The van der Waals surface area contributed by atoms with Gasteiger partial charge in [-0.25, -0.2) is 0 Å². The van der Waals surface area contributed by atoms with Crippen molar-refractivity contribution < 1.29 is 14.6 Å². The molecule has 4 rings (SSSR count). The molecule has 2 aromatic rings. The Balaban J connectivity index is 1.25. The smallest absolute Gasteiger partial charge is 0.120 e. The molecule has 0 spiro atoms. The first-order valence-corrected chi connectivity index (χ1v) is 12.6. The molecular formula is C27H37ClN2O3. The van der Waals surface area contributed by atoms with Gasteiger partial charge in [0.1, 0.15) is 30.3 Å². The van der Waals surface area contributed by atoms with Gasteiger partial charge in [-0.1, -0.05) is 23.7 Å². The van der Waals surface area contributed by atoms with Crippen LogP contribution in [0.3, 0.4) is 0 Å². The molecule has 0 aromatic heterocycles. The Morgan fingerprint density at radius 3 is 2.27 bits per heavy atom. The molecular weight excluding hydrogens is 436 g/mol. The number of piperidine rings is 1. The maximum Gasteiger partial charge on any atom is 0.120 e. The van der Waals surface area contributed by atoms with Gasteiger partial charge in [-0.05, 0) is 100 Å². The van der Waals surface area contributed by atoms with Crippen LogP contribution in [-0.4, -0.2) is 66.4 Å². The van der Waals surface area contributed by atoms with Gasteiger partial charge in [0, 0.05) is 24.7 Å². The van der Waals surface area contributed by atoms with E-state index in [1.165, 1.54) is 31.5 Å². The summed E-state index contributed by atoms with van der Waals surface area (Å²) in [5.74, 6) is 1.69. The van der Waals surface area contributed by atoms with Crippen molar-refractivity contribution in [2.45, 2.75) is 51.7 Å². The van der Waals surface area contributed by atoms with E-state index in [1.807, 2.05) is 26.0 Å². The normalized spacial score (nSPS) is 21.9. The summed E-state index contributed by atoms with van der Waals surface area (Å²) in [4.78, 5) is 4.78. The van der Waals surface area contributed by atoms with Crippen LogP contribution >= 0.6 is 11.6 Å². The van der Waals surface area contributed by atoms with Gasteiger partial charge < -0.3 is 14.6 Å². The second-order valence-electron chi connectivity index (χ2n) is 9.74. The van der Waals surface area contributed by atoms with Gasteiger partial charge in [-0.15, -0.1) is 0 Å². The summed E-state index contributed by atoms with van der Waals surface area (Å²) >= 11 is 6.26. The minimum absolute atomic E-state index is 0.286. The number of β-amino-alcohol motifs (C(OH)–C–C–N with tert-alkyl or cyclic N) is 1. The molecule has 2 aliphatic rings. The number of halogens is 1. The topological polar surface area (TPSA) is 45.2 Å². The van der Waals surface area contributed by atoms with Crippen LogP contribution in [0.4, 0.5) is 0 Å². The minimum atomic E-state index is -0.849. The molecule has 2 fully saturated rings. The lowest BCUT2D eigenvalue weighted by Gasteiger charge is -2.39. The van der Waals surface area contributed by atoms with Crippen LogP contribution in [0, 0.1) is 13.8 Å². The van der Waals surface area contributed by atoms with Crippen LogP contribution in [0.2, 0.25) is 5.02 Å². The minimum Gasteiger partial charge on any atom is -0.492 e. The molecule has 0 amide bonds. The van der Waals surface area contributed by atoms with Crippen LogP contribution in [0.1, 0.15) is 42.4 Å². The number of rotatable bonds is 9. The zero-order valence-corrected chi connectivity index (χ0v) is 20.7. The number of aryl methyl sites for hydroxylation is 2. The summed E-state index contributed by atoms with van der Waals surface area (Å²) in [7, 11) is 0. The fourth-order valence-corrected chi connectivity index (χ4v) is 5.02. The Bertz CT molecular complexity index is 891. The highest BCUT2D eigenvalue weighted by molar-refractivity contribution is 6.32. The number of hydrogen-bond acceptors (Lipinski definition) is 5. The summed E-state index contributed by atoms with van der Waals surface area (Å²) in [6.45, 7) is 10.8. The van der Waals surface area contributed by atoms with Crippen molar-refractivity contribution in [2.24, 2.45) is 0 Å². The molecule has 6 heteroatoms. The molecule has 2 heterocycles. The zero-order valence-electron chi connectivity index (χ0n) is 20.0. The summed E-state index contributed by atoms with van der Waals surface area (Å²) in [6, 6.07) is 12.3. The van der Waals surface area contributed by atoms with Crippen molar-refractivity contribution in [1.29, 1.82) is 0 Å². The molecule has 0 saturated carbocycles. The molecule has 2 saturated heterocycles. The van der Waals surface area contributed by atoms with E-state index < -0.39 is 5.60 Å². The average molecular weight is 473 g/mol. The van der Waals surface area contributed by atoms with Gasteiger partial charge >= 0.3 is 0 Å². The quantitative estimate of drug-likeness (QED) is 0.566. The molecule has 180 valence electrons. The van der Waals surface area contributed by atoms with Gasteiger partial charge in [0.15, 0.2) is 0 Å². The van der Waals surface area contributed by atoms with E-state index in [1.54, 1.807) is 0 Å². The molecule has 0 bridgehead atoms. The second-order valence-corrected chi connectivity index (χ2v) is 10.1. The lowest BCUT2D eigenvalue weighted by atomic mass is 9.93. The fraction of sp³-hybridized carbons (Fsp3) is 0.556. The summed E-state index contributed by atoms with van der Waals surface area (Å²) in [5.41, 5.74) is 2.37. The second kappa shape index (κ2) is 11.1. The van der Waals surface area contributed by atoms with Crippen molar-refractivity contribution >= 4 is 11.6 Å². The van der Waals surface area contributed by atoms with Gasteiger partial charge in [0.2, 0.25) is 0 Å². The standard InChI is InChI=1S/C27H37ClN2O3/c1-21-16-25(17-22(2)26(21)28)33-20-27(31)10-5-13-30(19-27)18-23-6-8-24(9-7-23)32-15-14-29-11-3-4-12-29/h6-9,16-17,31H,3-5,10-15,18-20H2,1-2H3/t27-/m0/s1. The maximum atomic E-state index is 11.2. The molecule has 1 N–H and O–H groups in total. The van der Waals surface area contributed by atoms with Gasteiger partial charge in [0.25, 0.3) is 0 Å². The van der Waals surface area contributed by atoms with Crippen LogP contribution in [0.5, 0.6) is 11.5 Å². The van der Waals surface area contributed by atoms with Crippen LogP contribution in [0.25, 0.3) is 0 Å². The van der Waals surface area contributed by atoms with Crippen LogP contribution < -0.4 is 9.47 Å². The SMILES string of the molecule is Cc1cc(OC[C@]2(O)CCCN(Cc3ccc(OCCN4CCCC4)cc3)C2)cc(C)c1Cl. The summed E-state index contributed by atoms with van der Waals surface area (Å²) < 4.78 is 11.9. The third-order valence-corrected chi connectivity index (χ3v) is 7.35. The molecule has 1 atom stereocenters. The highest BCUT2D eigenvalue weighted by Crippen LogP contribution is 2.28. The van der Waals surface area contributed by atoms with E-state index in [2.05, 4.69) is 34.1 Å². The Kier molecular flexibility index (Phi) is 8.18. The van der Waals surface area contributed by atoms with Gasteiger partial charge in [-0.2, -0.15) is 0 Å². The number of nitrogens with zero attached hydrogens (tertiary/aromatic N) is 2. The van der Waals surface area contributed by atoms with Crippen molar-refractivity contribution in [2.75, 3.05) is 45.9 Å². The molecule has 0 radical (unpaired) electrons. The Morgan fingerprint density at radius 2 is 1.58 bits per heavy atom.